The van der Waals surface area contributed by atoms with Gasteiger partial charge in [0, 0.05) is 6.54 Å². The van der Waals surface area contributed by atoms with Gasteiger partial charge in [-0.05, 0) is 49.9 Å². The van der Waals surface area contributed by atoms with Crippen molar-refractivity contribution in [3.05, 3.63) is 29.8 Å². The molecule has 0 spiro atoms. The summed E-state index contributed by atoms with van der Waals surface area (Å²) in [6.07, 6.45) is 2.05. The van der Waals surface area contributed by atoms with Crippen LogP contribution >= 0.6 is 0 Å². The number of nitrogens with one attached hydrogen (secondary N) is 3. The molecule has 3 saturated heterocycles. The van der Waals surface area contributed by atoms with E-state index in [9.17, 15) is 27.6 Å². The highest BCUT2D eigenvalue weighted by molar-refractivity contribution is 7.80. The quantitative estimate of drug-likeness (QED) is 0.154. The maximum Gasteiger partial charge on any atom is 0.418 e. The molecule has 35 heavy (non-hydrogen) atoms. The third kappa shape index (κ3) is 6.05. The monoisotopic (exact) mass is 511 g/mol. The zero-order valence-corrected chi connectivity index (χ0v) is 19.3. The van der Waals surface area contributed by atoms with Crippen molar-refractivity contribution in [3.63, 3.8) is 0 Å². The summed E-state index contributed by atoms with van der Waals surface area (Å²) in [5.74, 6) is -1.16. The lowest BCUT2D eigenvalue weighted by molar-refractivity contribution is -0.136. The smallest absolute Gasteiger partial charge is 0.418 e. The number of fused-ring (bicyclic) bond motifs is 2. The van der Waals surface area contributed by atoms with E-state index < -0.39 is 40.3 Å². The molecule has 1 aromatic rings. The van der Waals surface area contributed by atoms with Crippen LogP contribution in [0.4, 0.5) is 4.79 Å². The van der Waals surface area contributed by atoms with Crippen LogP contribution in [0.1, 0.15) is 31.2 Å². The molecule has 3 atom stereocenters. The minimum absolute atomic E-state index is 0.0358. The molecule has 3 aliphatic heterocycles. The summed E-state index contributed by atoms with van der Waals surface area (Å²) in [5.41, 5.74) is 5.17. The molecule has 0 aliphatic carbocycles. The molecule has 4 rings (SSSR count). The second-order valence-corrected chi connectivity index (χ2v) is 9.44. The number of ether oxygens (including phenoxy) is 1. The fourth-order valence-electron chi connectivity index (χ4n) is 4.30. The predicted molar refractivity (Wildman–Crippen MR) is 116 cm³/mol. The van der Waals surface area contributed by atoms with E-state index in [1.165, 1.54) is 0 Å². The number of piperidine rings is 1. The SMILES string of the molecule is O=C(Cc1ccc(OC(=O)[C@@H]2CCCN2)cc1)NNC(=O)[C@@H]1CC[C@@H]2CN1C(=O)N2OS(=O)(=O)O. The maximum atomic E-state index is 12.5. The van der Waals surface area contributed by atoms with E-state index in [1.807, 2.05) is 0 Å². The highest BCUT2D eigenvalue weighted by atomic mass is 32.3. The van der Waals surface area contributed by atoms with Crippen LogP contribution in [0.15, 0.2) is 24.3 Å². The van der Waals surface area contributed by atoms with Crippen molar-refractivity contribution in [3.8, 4) is 5.75 Å². The van der Waals surface area contributed by atoms with Gasteiger partial charge in [-0.2, -0.15) is 13.5 Å². The summed E-state index contributed by atoms with van der Waals surface area (Å²) < 4.78 is 40.4. The number of amides is 4. The van der Waals surface area contributed by atoms with Crippen LogP contribution in [0.5, 0.6) is 5.75 Å². The molecule has 0 aromatic heterocycles. The summed E-state index contributed by atoms with van der Waals surface area (Å²) in [4.78, 5) is 50.3. The highest BCUT2D eigenvalue weighted by Gasteiger charge is 2.49. The molecule has 2 bridgehead atoms. The van der Waals surface area contributed by atoms with E-state index in [2.05, 4.69) is 20.5 Å². The average molecular weight is 512 g/mol. The number of carbonyl (C=O) groups excluding carboxylic acids is 4. The molecule has 190 valence electrons. The first-order valence-corrected chi connectivity index (χ1v) is 12.4. The molecule has 3 fully saturated rings. The summed E-state index contributed by atoms with van der Waals surface area (Å²) in [6.45, 7) is 0.814. The van der Waals surface area contributed by atoms with E-state index in [-0.39, 0.29) is 37.8 Å². The van der Waals surface area contributed by atoms with Crippen molar-refractivity contribution in [2.75, 3.05) is 13.1 Å². The second kappa shape index (κ2) is 10.2. The van der Waals surface area contributed by atoms with Crippen molar-refractivity contribution < 1.29 is 41.2 Å². The number of hydrazine groups is 1. The van der Waals surface area contributed by atoms with Crippen molar-refractivity contribution in [1.82, 2.24) is 26.1 Å². The van der Waals surface area contributed by atoms with Gasteiger partial charge >= 0.3 is 22.4 Å². The van der Waals surface area contributed by atoms with E-state index in [0.717, 1.165) is 24.3 Å². The first kappa shape index (κ1) is 24.8. The van der Waals surface area contributed by atoms with Crippen LogP contribution in [-0.4, -0.2) is 78.0 Å². The number of carbonyl (C=O) groups is 4. The maximum absolute atomic E-state index is 12.5. The fourth-order valence-corrected chi connectivity index (χ4v) is 4.69. The molecule has 4 amide bonds. The third-order valence-corrected chi connectivity index (χ3v) is 6.33. The fraction of sp³-hybridized carbons (Fsp3) is 0.500. The number of esters is 1. The number of nitrogens with zero attached hydrogens (tertiary/aromatic N) is 2. The van der Waals surface area contributed by atoms with Gasteiger partial charge in [-0.15, -0.1) is 4.28 Å². The number of hydroxylamine groups is 2. The zero-order valence-electron chi connectivity index (χ0n) is 18.5. The Kier molecular flexibility index (Phi) is 7.20. The zero-order chi connectivity index (χ0) is 25.2. The van der Waals surface area contributed by atoms with Crippen LogP contribution in [0.2, 0.25) is 0 Å². The van der Waals surface area contributed by atoms with Gasteiger partial charge < -0.3 is 15.0 Å². The molecule has 15 heteroatoms. The lowest BCUT2D eigenvalue weighted by Gasteiger charge is -2.29. The van der Waals surface area contributed by atoms with Gasteiger partial charge in [0.05, 0.1) is 12.5 Å². The summed E-state index contributed by atoms with van der Waals surface area (Å²) in [5, 5.41) is 3.59. The van der Waals surface area contributed by atoms with Crippen LogP contribution < -0.4 is 20.9 Å². The standard InChI is InChI=1S/C20H25N5O9S/c26-17(10-12-3-6-14(7-4-12)33-19(28)15-2-1-9-21-15)22-23-18(27)16-8-5-13-11-24(16)20(29)25(13)34-35(30,31)32/h3-4,6-7,13,15-16,21H,1-2,5,8-11H2,(H,22,26)(H,23,27)(H,30,31,32)/t13-,15+,16+/m1/s1. The molecule has 14 nitrogen and oxygen atoms in total. The van der Waals surface area contributed by atoms with Crippen LogP contribution in [0.25, 0.3) is 0 Å². The summed E-state index contributed by atoms with van der Waals surface area (Å²) in [7, 11) is -4.89. The molecule has 4 N–H and O–H groups in total. The third-order valence-electron chi connectivity index (χ3n) is 5.98. The second-order valence-electron chi connectivity index (χ2n) is 8.44. The topological polar surface area (TPSA) is 184 Å². The Labute approximate surface area is 200 Å². The van der Waals surface area contributed by atoms with Gasteiger partial charge in [-0.25, -0.2) is 9.59 Å². The van der Waals surface area contributed by atoms with Crippen molar-refractivity contribution >= 4 is 34.2 Å². The van der Waals surface area contributed by atoms with E-state index >= 15 is 0 Å². The first-order chi connectivity index (χ1) is 16.6. The lowest BCUT2D eigenvalue weighted by Crippen LogP contribution is -2.54. The number of rotatable bonds is 7. The van der Waals surface area contributed by atoms with Gasteiger partial charge in [-0.1, -0.05) is 12.1 Å². The largest absolute Gasteiger partial charge is 0.425 e. The number of hydrogen-bond donors (Lipinski definition) is 4. The number of hydrogen-bond acceptors (Lipinski definition) is 9. The van der Waals surface area contributed by atoms with E-state index in [1.54, 1.807) is 24.3 Å². The van der Waals surface area contributed by atoms with Gasteiger partial charge in [0.25, 0.3) is 5.91 Å². The minimum Gasteiger partial charge on any atom is -0.425 e. The number of urea groups is 1. The van der Waals surface area contributed by atoms with Crippen LogP contribution in [0, 0.1) is 0 Å². The Morgan fingerprint density at radius 3 is 2.51 bits per heavy atom. The minimum atomic E-state index is -4.89. The van der Waals surface area contributed by atoms with E-state index in [4.69, 9.17) is 9.29 Å². The first-order valence-electron chi connectivity index (χ1n) is 11.0. The Bertz CT molecular complexity index is 1100. The van der Waals surface area contributed by atoms with Crippen LogP contribution in [-0.2, 0) is 35.5 Å². The Hall–Kier alpha value is -3.27. The molecule has 0 radical (unpaired) electrons. The normalized spacial score (nSPS) is 23.8. The Morgan fingerprint density at radius 2 is 1.86 bits per heavy atom. The van der Waals surface area contributed by atoms with Gasteiger partial charge in [0.1, 0.15) is 17.8 Å². The predicted octanol–water partition coefficient (Wildman–Crippen LogP) is -0.963. The molecule has 0 saturated carbocycles. The van der Waals surface area contributed by atoms with Gasteiger partial charge in [0.15, 0.2) is 0 Å². The molecular weight excluding hydrogens is 486 g/mol. The van der Waals surface area contributed by atoms with Gasteiger partial charge in [-0.3, -0.25) is 25.0 Å². The van der Waals surface area contributed by atoms with Gasteiger partial charge in [0.2, 0.25) is 5.91 Å². The van der Waals surface area contributed by atoms with E-state index in [0.29, 0.717) is 16.4 Å². The highest BCUT2D eigenvalue weighted by Crippen LogP contribution is 2.30. The Balaban J connectivity index is 1.24. The summed E-state index contributed by atoms with van der Waals surface area (Å²) >= 11 is 0. The molecule has 0 unspecified atom stereocenters. The molecule has 3 aliphatic rings. The summed E-state index contributed by atoms with van der Waals surface area (Å²) in [6, 6.07) is 3.64. The van der Waals surface area contributed by atoms with Crippen molar-refractivity contribution in [1.29, 1.82) is 0 Å². The lowest BCUT2D eigenvalue weighted by atomic mass is 10.0. The Morgan fingerprint density at radius 1 is 1.11 bits per heavy atom. The van der Waals surface area contributed by atoms with Crippen LogP contribution in [0.3, 0.4) is 0 Å². The van der Waals surface area contributed by atoms with Crippen molar-refractivity contribution in [2.24, 2.45) is 0 Å². The average Bonchev–Trinajstić information content (AvgIpc) is 3.42. The molecule has 1 aromatic carbocycles. The molecule has 3 heterocycles. The van der Waals surface area contributed by atoms with Crippen molar-refractivity contribution in [2.45, 2.75) is 50.2 Å². The molecular formula is C20H25N5O9S. The number of benzene rings is 1.